The molecule has 40 heavy (non-hydrogen) atoms. The van der Waals surface area contributed by atoms with Crippen LogP contribution >= 0.6 is 0 Å². The second-order valence-corrected chi connectivity index (χ2v) is 9.60. The fraction of sp³-hybridized carbons (Fsp3) is 0.300. The van der Waals surface area contributed by atoms with E-state index >= 15 is 0 Å². The average molecular weight is 545 g/mol. The Bertz CT molecular complexity index is 1390. The predicted octanol–water partition coefficient (Wildman–Crippen LogP) is 2.81. The molecule has 1 amide bonds. The number of hydrogen-bond acceptors (Lipinski definition) is 8. The van der Waals surface area contributed by atoms with E-state index in [1.807, 2.05) is 36.4 Å². The van der Waals surface area contributed by atoms with Gasteiger partial charge in [0.1, 0.15) is 5.75 Å². The Balaban J connectivity index is 0.971. The van der Waals surface area contributed by atoms with Gasteiger partial charge in [-0.25, -0.2) is 4.68 Å². The summed E-state index contributed by atoms with van der Waals surface area (Å²) in [6.07, 6.45) is 1.12. The molecule has 1 aliphatic heterocycles. The van der Waals surface area contributed by atoms with Crippen LogP contribution in [0.2, 0.25) is 0 Å². The van der Waals surface area contributed by atoms with Gasteiger partial charge in [-0.05, 0) is 34.9 Å². The summed E-state index contributed by atoms with van der Waals surface area (Å²) in [5, 5.41) is 31.6. The van der Waals surface area contributed by atoms with Crippen molar-refractivity contribution in [3.63, 3.8) is 0 Å². The Hall–Kier alpha value is -4.09. The fourth-order valence-corrected chi connectivity index (χ4v) is 4.38. The minimum absolute atomic E-state index is 0.00132. The van der Waals surface area contributed by atoms with Crippen LogP contribution in [0.4, 0.5) is 5.69 Å². The van der Waals surface area contributed by atoms with Crippen molar-refractivity contribution in [1.82, 2.24) is 15.0 Å². The monoisotopic (exact) mass is 544 g/mol. The van der Waals surface area contributed by atoms with E-state index in [0.717, 1.165) is 16.7 Å². The van der Waals surface area contributed by atoms with Crippen LogP contribution in [-0.2, 0) is 27.1 Å². The van der Waals surface area contributed by atoms with Gasteiger partial charge in [0.15, 0.2) is 6.61 Å². The number of fused-ring (bicyclic) bond motifs is 1. The zero-order valence-electron chi connectivity index (χ0n) is 22.0. The zero-order chi connectivity index (χ0) is 27.7. The Morgan fingerprint density at radius 3 is 2.35 bits per heavy atom. The van der Waals surface area contributed by atoms with Crippen LogP contribution in [0.1, 0.15) is 11.3 Å². The number of hydrogen-bond donors (Lipinski definition) is 3. The molecule has 0 bridgehead atoms. The number of amides is 1. The number of carbonyl (C=O) groups is 1. The number of nitrogens with zero attached hydrogens (tertiary/aromatic N) is 3. The maximum Gasteiger partial charge on any atom is 0.262 e. The second-order valence-electron chi connectivity index (χ2n) is 9.60. The Kier molecular flexibility index (Phi) is 9.15. The van der Waals surface area contributed by atoms with Gasteiger partial charge in [-0.15, -0.1) is 5.10 Å². The molecule has 0 unspecified atom stereocenters. The number of rotatable bonds is 13. The lowest BCUT2D eigenvalue weighted by molar-refractivity contribution is -0.118. The van der Waals surface area contributed by atoms with E-state index in [-0.39, 0.29) is 32.1 Å². The van der Waals surface area contributed by atoms with Gasteiger partial charge in [-0.3, -0.25) is 4.79 Å². The first-order valence-corrected chi connectivity index (χ1v) is 13.2. The molecule has 3 N–H and O–H groups in total. The molecule has 0 aliphatic carbocycles. The fourth-order valence-electron chi connectivity index (χ4n) is 4.38. The highest BCUT2D eigenvalue weighted by atomic mass is 16.5. The molecule has 0 fully saturated rings. The average Bonchev–Trinajstić information content (AvgIpc) is 3.43. The van der Waals surface area contributed by atoms with Crippen molar-refractivity contribution in [2.75, 3.05) is 38.4 Å². The third-order valence-corrected chi connectivity index (χ3v) is 6.37. The Morgan fingerprint density at radius 1 is 0.900 bits per heavy atom. The molecule has 3 aromatic carbocycles. The van der Waals surface area contributed by atoms with Crippen molar-refractivity contribution in [2.45, 2.75) is 25.0 Å². The third kappa shape index (κ3) is 7.51. The molecule has 10 heteroatoms. The first-order chi connectivity index (χ1) is 19.5. The zero-order valence-corrected chi connectivity index (χ0v) is 22.0. The first kappa shape index (κ1) is 27.5. The lowest BCUT2D eigenvalue weighted by Crippen LogP contribution is -2.25. The third-order valence-electron chi connectivity index (χ3n) is 6.37. The molecule has 208 valence electrons. The van der Waals surface area contributed by atoms with E-state index in [0.29, 0.717) is 42.5 Å². The second kappa shape index (κ2) is 13.3. The molecular weight excluding hydrogens is 512 g/mol. The SMILES string of the molecule is O=C1COc2ccc(-n3cc(C[C@H](O)COCCOC[C@@H](O)Cc4ccc(-c5ccccc5)cc4)nn3)cc2N1. The molecule has 1 aliphatic rings. The molecule has 2 atom stereocenters. The molecule has 0 radical (unpaired) electrons. The van der Waals surface area contributed by atoms with Gasteiger partial charge in [0, 0.05) is 12.8 Å². The molecule has 4 aromatic rings. The molecule has 0 saturated heterocycles. The van der Waals surface area contributed by atoms with E-state index < -0.39 is 12.2 Å². The van der Waals surface area contributed by atoms with Gasteiger partial charge in [0.05, 0.1) is 61.9 Å². The van der Waals surface area contributed by atoms with Gasteiger partial charge in [-0.2, -0.15) is 0 Å². The van der Waals surface area contributed by atoms with Crippen molar-refractivity contribution < 1.29 is 29.2 Å². The standard InChI is InChI=1S/C30H32N4O6/c35-26(14-21-6-8-23(9-7-21)22-4-2-1-3-5-22)18-38-12-13-39-19-27(36)15-24-17-34(33-32-24)25-10-11-29-28(16-25)31-30(37)20-40-29/h1-11,16-17,26-27,35-36H,12-15,18-20H2,(H,31,37)/t26-,27-/m0/s1. The number of aliphatic hydroxyl groups excluding tert-OH is 2. The molecule has 1 aromatic heterocycles. The molecular formula is C30H32N4O6. The molecule has 10 nitrogen and oxygen atoms in total. The van der Waals surface area contributed by atoms with E-state index in [4.69, 9.17) is 14.2 Å². The number of nitrogens with one attached hydrogen (secondary N) is 1. The van der Waals surface area contributed by atoms with Crippen LogP contribution in [0.25, 0.3) is 16.8 Å². The van der Waals surface area contributed by atoms with E-state index in [9.17, 15) is 15.0 Å². The van der Waals surface area contributed by atoms with Gasteiger partial charge in [-0.1, -0.05) is 59.8 Å². The van der Waals surface area contributed by atoms with Crippen molar-refractivity contribution >= 4 is 11.6 Å². The number of anilines is 1. The molecule has 0 saturated carbocycles. The Labute approximate surface area is 232 Å². The molecule has 5 rings (SSSR count). The van der Waals surface area contributed by atoms with Gasteiger partial charge < -0.3 is 29.7 Å². The highest BCUT2D eigenvalue weighted by Crippen LogP contribution is 2.29. The van der Waals surface area contributed by atoms with Crippen LogP contribution in [0.5, 0.6) is 5.75 Å². The Morgan fingerprint density at radius 2 is 1.60 bits per heavy atom. The minimum Gasteiger partial charge on any atom is -0.482 e. The smallest absolute Gasteiger partial charge is 0.262 e. The lowest BCUT2D eigenvalue weighted by Gasteiger charge is -2.18. The van der Waals surface area contributed by atoms with Crippen LogP contribution in [0.15, 0.2) is 79.0 Å². The summed E-state index contributed by atoms with van der Waals surface area (Å²) < 4.78 is 18.0. The van der Waals surface area contributed by atoms with Gasteiger partial charge >= 0.3 is 0 Å². The minimum atomic E-state index is -0.759. The largest absolute Gasteiger partial charge is 0.482 e. The maximum absolute atomic E-state index is 11.6. The van der Waals surface area contributed by atoms with E-state index in [1.54, 1.807) is 23.0 Å². The number of benzene rings is 3. The molecule has 0 spiro atoms. The summed E-state index contributed by atoms with van der Waals surface area (Å²) in [7, 11) is 0. The normalized spacial score (nSPS) is 14.2. The summed E-state index contributed by atoms with van der Waals surface area (Å²) in [5.41, 5.74) is 5.22. The first-order valence-electron chi connectivity index (χ1n) is 13.2. The summed E-state index contributed by atoms with van der Waals surface area (Å²) in [6, 6.07) is 23.7. The van der Waals surface area contributed by atoms with E-state index in [2.05, 4.69) is 39.9 Å². The summed E-state index contributed by atoms with van der Waals surface area (Å²) in [6.45, 7) is 0.929. The van der Waals surface area contributed by atoms with Crippen LogP contribution in [0.3, 0.4) is 0 Å². The topological polar surface area (TPSA) is 128 Å². The number of ether oxygens (including phenoxy) is 3. The van der Waals surface area contributed by atoms with Crippen LogP contribution in [-0.4, -0.2) is 76.4 Å². The van der Waals surface area contributed by atoms with Crippen LogP contribution < -0.4 is 10.1 Å². The summed E-state index contributed by atoms with van der Waals surface area (Å²) in [5.74, 6) is 0.391. The quantitative estimate of drug-likeness (QED) is 0.219. The highest BCUT2D eigenvalue weighted by Gasteiger charge is 2.17. The van der Waals surface area contributed by atoms with Crippen molar-refractivity contribution in [1.29, 1.82) is 0 Å². The lowest BCUT2D eigenvalue weighted by atomic mass is 10.0. The summed E-state index contributed by atoms with van der Waals surface area (Å²) in [4.78, 5) is 11.6. The van der Waals surface area contributed by atoms with Crippen molar-refractivity contribution in [3.05, 3.63) is 90.3 Å². The maximum atomic E-state index is 11.6. The van der Waals surface area contributed by atoms with Crippen LogP contribution in [0, 0.1) is 0 Å². The predicted molar refractivity (Wildman–Crippen MR) is 148 cm³/mol. The van der Waals surface area contributed by atoms with Gasteiger partial charge in [0.2, 0.25) is 0 Å². The molecule has 2 heterocycles. The van der Waals surface area contributed by atoms with Gasteiger partial charge in [0.25, 0.3) is 5.91 Å². The van der Waals surface area contributed by atoms with E-state index in [1.165, 1.54) is 0 Å². The number of aliphatic hydroxyl groups is 2. The van der Waals surface area contributed by atoms with Crippen molar-refractivity contribution in [2.24, 2.45) is 0 Å². The number of aromatic nitrogens is 3. The highest BCUT2D eigenvalue weighted by molar-refractivity contribution is 5.95. The van der Waals surface area contributed by atoms with Crippen molar-refractivity contribution in [3.8, 4) is 22.6 Å². The summed E-state index contributed by atoms with van der Waals surface area (Å²) >= 11 is 0. The number of carbonyl (C=O) groups excluding carboxylic acids is 1.